The second kappa shape index (κ2) is 6.24. The van der Waals surface area contributed by atoms with E-state index >= 15 is 0 Å². The Morgan fingerprint density at radius 2 is 2.14 bits per heavy atom. The van der Waals surface area contributed by atoms with E-state index in [4.69, 9.17) is 4.74 Å². The third-order valence-corrected chi connectivity index (χ3v) is 4.80. The van der Waals surface area contributed by atoms with Crippen LogP contribution in [0, 0.1) is 0 Å². The Hall–Kier alpha value is -1.92. The van der Waals surface area contributed by atoms with E-state index in [0.717, 1.165) is 15.2 Å². The molecule has 2 heterocycles. The number of fused-ring (bicyclic) bond motifs is 1. The first kappa shape index (κ1) is 14.0. The summed E-state index contributed by atoms with van der Waals surface area (Å²) in [7, 11) is 1.57. The standard InChI is InChI=1S/C15H12N2O2S2/c1-19-13-5-3-2-4-10(13)12(18)8-21-15-11-6-7-20-14(11)16-9-17-15/h2-7,9H,8H2,1H3. The molecular weight excluding hydrogens is 304 g/mol. The molecule has 6 heteroatoms. The molecule has 0 spiro atoms. The molecule has 0 unspecified atom stereocenters. The van der Waals surface area contributed by atoms with Gasteiger partial charge >= 0.3 is 0 Å². The maximum atomic E-state index is 12.3. The highest BCUT2D eigenvalue weighted by Gasteiger charge is 2.13. The summed E-state index contributed by atoms with van der Waals surface area (Å²) in [5.74, 6) is 0.952. The number of carbonyl (C=O) groups excluding carboxylic acids is 1. The van der Waals surface area contributed by atoms with E-state index in [9.17, 15) is 4.79 Å². The van der Waals surface area contributed by atoms with Crippen molar-refractivity contribution in [1.29, 1.82) is 0 Å². The van der Waals surface area contributed by atoms with Crippen LogP contribution in [0.25, 0.3) is 10.2 Å². The number of Topliss-reactive ketones (excluding diaryl/α,β-unsaturated/α-hetero) is 1. The van der Waals surface area contributed by atoms with Crippen LogP contribution < -0.4 is 4.74 Å². The van der Waals surface area contributed by atoms with Gasteiger partial charge in [0.05, 0.1) is 18.4 Å². The second-order valence-electron chi connectivity index (χ2n) is 4.23. The molecular formula is C15H12N2O2S2. The molecule has 0 radical (unpaired) electrons. The van der Waals surface area contributed by atoms with E-state index in [0.29, 0.717) is 17.1 Å². The van der Waals surface area contributed by atoms with Gasteiger partial charge in [0, 0.05) is 5.39 Å². The number of rotatable bonds is 5. The molecule has 0 N–H and O–H groups in total. The van der Waals surface area contributed by atoms with Gasteiger partial charge in [-0.1, -0.05) is 23.9 Å². The first-order valence-electron chi connectivity index (χ1n) is 6.27. The van der Waals surface area contributed by atoms with E-state index in [1.165, 1.54) is 18.1 Å². The lowest BCUT2D eigenvalue weighted by Gasteiger charge is -2.07. The van der Waals surface area contributed by atoms with Gasteiger partial charge < -0.3 is 4.74 Å². The number of hydrogen-bond acceptors (Lipinski definition) is 6. The van der Waals surface area contributed by atoms with Crippen molar-refractivity contribution >= 4 is 39.1 Å². The van der Waals surface area contributed by atoms with Crippen LogP contribution in [0.3, 0.4) is 0 Å². The fourth-order valence-electron chi connectivity index (χ4n) is 1.97. The van der Waals surface area contributed by atoms with Crippen LogP contribution in [-0.4, -0.2) is 28.6 Å². The van der Waals surface area contributed by atoms with Crippen molar-refractivity contribution in [1.82, 2.24) is 9.97 Å². The van der Waals surface area contributed by atoms with Gasteiger partial charge in [-0.2, -0.15) is 0 Å². The number of ketones is 1. The normalized spacial score (nSPS) is 10.7. The Labute approximate surface area is 130 Å². The zero-order valence-corrected chi connectivity index (χ0v) is 12.9. The van der Waals surface area contributed by atoms with Crippen LogP contribution >= 0.6 is 23.1 Å². The summed E-state index contributed by atoms with van der Waals surface area (Å²) in [6, 6.07) is 9.24. The van der Waals surface area contributed by atoms with Crippen LogP contribution in [-0.2, 0) is 0 Å². The summed E-state index contributed by atoms with van der Waals surface area (Å²) < 4.78 is 5.22. The summed E-state index contributed by atoms with van der Waals surface area (Å²) in [5.41, 5.74) is 0.600. The third-order valence-electron chi connectivity index (χ3n) is 2.97. The SMILES string of the molecule is COc1ccccc1C(=O)CSc1ncnc2sccc12. The molecule has 0 atom stereocenters. The van der Waals surface area contributed by atoms with Crippen LogP contribution in [0.15, 0.2) is 47.1 Å². The Balaban J connectivity index is 1.78. The van der Waals surface area contributed by atoms with E-state index < -0.39 is 0 Å². The fraction of sp³-hybridized carbons (Fsp3) is 0.133. The second-order valence-corrected chi connectivity index (χ2v) is 6.09. The number of aromatic nitrogens is 2. The summed E-state index contributed by atoms with van der Waals surface area (Å²) in [4.78, 5) is 21.7. The molecule has 2 aromatic heterocycles. The fourth-order valence-corrected chi connectivity index (χ4v) is 3.63. The van der Waals surface area contributed by atoms with Crippen molar-refractivity contribution in [3.8, 4) is 5.75 Å². The Kier molecular flexibility index (Phi) is 4.17. The molecule has 21 heavy (non-hydrogen) atoms. The van der Waals surface area contributed by atoms with Crippen molar-refractivity contribution in [2.45, 2.75) is 5.03 Å². The number of thioether (sulfide) groups is 1. The quantitative estimate of drug-likeness (QED) is 0.408. The Morgan fingerprint density at radius 3 is 3.00 bits per heavy atom. The van der Waals surface area contributed by atoms with Gasteiger partial charge in [0.15, 0.2) is 5.78 Å². The van der Waals surface area contributed by atoms with Crippen LogP contribution in [0.4, 0.5) is 0 Å². The van der Waals surface area contributed by atoms with Gasteiger partial charge in [0.2, 0.25) is 0 Å². The van der Waals surface area contributed by atoms with E-state index in [1.54, 1.807) is 30.6 Å². The van der Waals surface area contributed by atoms with Crippen LogP contribution in [0.2, 0.25) is 0 Å². The lowest BCUT2D eigenvalue weighted by molar-refractivity contribution is 0.101. The average Bonchev–Trinajstić information content (AvgIpc) is 3.01. The number of ether oxygens (including phenoxy) is 1. The minimum Gasteiger partial charge on any atom is -0.496 e. The first-order chi connectivity index (χ1) is 10.3. The maximum Gasteiger partial charge on any atom is 0.176 e. The van der Waals surface area contributed by atoms with Crippen molar-refractivity contribution in [2.24, 2.45) is 0 Å². The number of para-hydroxylation sites is 1. The van der Waals surface area contributed by atoms with E-state index in [2.05, 4.69) is 9.97 Å². The number of benzene rings is 1. The molecule has 0 fully saturated rings. The van der Waals surface area contributed by atoms with E-state index in [1.807, 2.05) is 23.6 Å². The number of hydrogen-bond donors (Lipinski definition) is 0. The minimum absolute atomic E-state index is 0.0273. The monoisotopic (exact) mass is 316 g/mol. The molecule has 3 aromatic rings. The van der Waals surface area contributed by atoms with E-state index in [-0.39, 0.29) is 5.78 Å². The number of nitrogens with zero attached hydrogens (tertiary/aromatic N) is 2. The zero-order chi connectivity index (χ0) is 14.7. The topological polar surface area (TPSA) is 52.1 Å². The molecule has 0 bridgehead atoms. The lowest BCUT2D eigenvalue weighted by atomic mass is 10.1. The molecule has 106 valence electrons. The molecule has 0 aliphatic heterocycles. The molecule has 0 saturated heterocycles. The summed E-state index contributed by atoms with van der Waals surface area (Å²) >= 11 is 3.00. The summed E-state index contributed by atoms with van der Waals surface area (Å²) in [6.45, 7) is 0. The molecule has 0 amide bonds. The van der Waals surface area contributed by atoms with Gasteiger partial charge in [-0.25, -0.2) is 9.97 Å². The highest BCUT2D eigenvalue weighted by atomic mass is 32.2. The molecule has 4 nitrogen and oxygen atoms in total. The van der Waals surface area contributed by atoms with Crippen molar-refractivity contribution in [3.05, 3.63) is 47.6 Å². The highest BCUT2D eigenvalue weighted by molar-refractivity contribution is 8.00. The summed E-state index contributed by atoms with van der Waals surface area (Å²) in [5, 5.41) is 3.82. The molecule has 3 rings (SSSR count). The van der Waals surface area contributed by atoms with Crippen LogP contribution in [0.1, 0.15) is 10.4 Å². The third kappa shape index (κ3) is 2.91. The Morgan fingerprint density at radius 1 is 1.29 bits per heavy atom. The predicted octanol–water partition coefficient (Wildman–Crippen LogP) is 3.67. The predicted molar refractivity (Wildman–Crippen MR) is 85.5 cm³/mol. The molecule has 0 aliphatic rings. The summed E-state index contributed by atoms with van der Waals surface area (Å²) in [6.07, 6.45) is 1.54. The Bertz CT molecular complexity index is 786. The van der Waals surface area contributed by atoms with Gasteiger partial charge in [-0.15, -0.1) is 11.3 Å². The van der Waals surface area contributed by atoms with Crippen molar-refractivity contribution in [2.75, 3.05) is 12.9 Å². The van der Waals surface area contributed by atoms with Gasteiger partial charge in [0.25, 0.3) is 0 Å². The zero-order valence-electron chi connectivity index (χ0n) is 11.3. The molecule has 0 saturated carbocycles. The number of thiophene rings is 1. The minimum atomic E-state index is 0.0273. The van der Waals surface area contributed by atoms with Crippen LogP contribution in [0.5, 0.6) is 5.75 Å². The highest BCUT2D eigenvalue weighted by Crippen LogP contribution is 2.29. The van der Waals surface area contributed by atoms with Crippen molar-refractivity contribution in [3.63, 3.8) is 0 Å². The maximum absolute atomic E-state index is 12.3. The van der Waals surface area contributed by atoms with Gasteiger partial charge in [0.1, 0.15) is 21.9 Å². The average molecular weight is 316 g/mol. The van der Waals surface area contributed by atoms with Gasteiger partial charge in [-0.05, 0) is 23.6 Å². The largest absolute Gasteiger partial charge is 0.496 e. The lowest BCUT2D eigenvalue weighted by Crippen LogP contribution is -2.05. The number of methoxy groups -OCH3 is 1. The van der Waals surface area contributed by atoms with Gasteiger partial charge in [-0.3, -0.25) is 4.79 Å². The smallest absolute Gasteiger partial charge is 0.176 e. The first-order valence-corrected chi connectivity index (χ1v) is 8.13. The molecule has 1 aromatic carbocycles. The van der Waals surface area contributed by atoms with Crippen molar-refractivity contribution < 1.29 is 9.53 Å². The number of carbonyl (C=O) groups is 1. The molecule has 0 aliphatic carbocycles.